The molecule has 2 N–H and O–H groups in total. The zero-order chi connectivity index (χ0) is 19.4. The van der Waals surface area contributed by atoms with Crippen LogP contribution in [-0.2, 0) is 4.79 Å². The topological polar surface area (TPSA) is 79.5 Å². The molecule has 1 aromatic heterocycles. The maximum absolute atomic E-state index is 12.3. The van der Waals surface area contributed by atoms with Gasteiger partial charge in [0.25, 0.3) is 5.91 Å². The van der Waals surface area contributed by atoms with Gasteiger partial charge in [0.15, 0.2) is 0 Å². The lowest BCUT2D eigenvalue weighted by molar-refractivity contribution is -0.132. The van der Waals surface area contributed by atoms with Gasteiger partial charge < -0.3 is 14.8 Å². The second-order valence-electron chi connectivity index (χ2n) is 5.51. The van der Waals surface area contributed by atoms with Crippen LogP contribution in [0.4, 0.5) is 0 Å². The highest BCUT2D eigenvalue weighted by Gasteiger charge is 2.17. The fourth-order valence-corrected chi connectivity index (χ4v) is 2.84. The van der Waals surface area contributed by atoms with Gasteiger partial charge in [-0.25, -0.2) is 4.79 Å². The summed E-state index contributed by atoms with van der Waals surface area (Å²) in [6, 6.07) is 17.0. The summed E-state index contributed by atoms with van der Waals surface area (Å²) in [5.74, 6) is -1.11. The molecule has 0 saturated carbocycles. The minimum atomic E-state index is -1.31. The van der Waals surface area contributed by atoms with E-state index in [9.17, 15) is 14.7 Å². The summed E-state index contributed by atoms with van der Waals surface area (Å²) in [6.07, 6.45) is 1.23. The Morgan fingerprint density at radius 2 is 1.74 bits per heavy atom. The minimum Gasteiger partial charge on any atom is -0.477 e. The molecule has 0 aliphatic carbocycles. The van der Waals surface area contributed by atoms with Crippen molar-refractivity contribution in [2.75, 3.05) is 0 Å². The third-order valence-corrected chi connectivity index (χ3v) is 4.17. The molecule has 0 atom stereocenters. The summed E-state index contributed by atoms with van der Waals surface area (Å²) in [4.78, 5) is 23.8. The highest BCUT2D eigenvalue weighted by atomic mass is 35.5. The van der Waals surface area contributed by atoms with Crippen LogP contribution in [0.3, 0.4) is 0 Å². The largest absolute Gasteiger partial charge is 0.477 e. The summed E-state index contributed by atoms with van der Waals surface area (Å²) in [6.45, 7) is 0. The van der Waals surface area contributed by atoms with Crippen molar-refractivity contribution in [3.8, 4) is 11.3 Å². The second kappa shape index (κ2) is 8.12. The number of carboxylic acid groups (broad SMARTS) is 1. The number of nitrogens with one attached hydrogen (secondary N) is 1. The second-order valence-corrected chi connectivity index (χ2v) is 6.35. The number of rotatable bonds is 5. The molecule has 0 unspecified atom stereocenters. The van der Waals surface area contributed by atoms with Crippen molar-refractivity contribution in [3.05, 3.63) is 87.7 Å². The van der Waals surface area contributed by atoms with E-state index in [2.05, 4.69) is 5.32 Å². The van der Waals surface area contributed by atoms with Crippen molar-refractivity contribution in [1.82, 2.24) is 5.32 Å². The summed E-state index contributed by atoms with van der Waals surface area (Å²) in [7, 11) is 0. The zero-order valence-electron chi connectivity index (χ0n) is 13.8. The van der Waals surface area contributed by atoms with E-state index in [-0.39, 0.29) is 22.0 Å². The molecular formula is C20H13Cl2NO4. The predicted molar refractivity (Wildman–Crippen MR) is 104 cm³/mol. The van der Waals surface area contributed by atoms with Gasteiger partial charge in [-0.3, -0.25) is 4.79 Å². The third kappa shape index (κ3) is 4.58. The van der Waals surface area contributed by atoms with E-state index >= 15 is 0 Å². The van der Waals surface area contributed by atoms with Gasteiger partial charge in [-0.1, -0.05) is 53.5 Å². The van der Waals surface area contributed by atoms with Gasteiger partial charge in [-0.05, 0) is 30.3 Å². The van der Waals surface area contributed by atoms with Crippen LogP contribution in [0.25, 0.3) is 17.4 Å². The van der Waals surface area contributed by atoms with E-state index in [4.69, 9.17) is 27.6 Å². The van der Waals surface area contributed by atoms with Gasteiger partial charge in [0.2, 0.25) is 0 Å². The Hall–Kier alpha value is -3.02. The molecule has 2 aromatic carbocycles. The number of aliphatic carboxylic acids is 1. The summed E-state index contributed by atoms with van der Waals surface area (Å²) >= 11 is 11.8. The van der Waals surface area contributed by atoms with Crippen LogP contribution in [0.5, 0.6) is 0 Å². The smallest absolute Gasteiger partial charge is 0.352 e. The van der Waals surface area contributed by atoms with E-state index in [1.54, 1.807) is 12.1 Å². The third-order valence-electron chi connectivity index (χ3n) is 3.63. The number of benzene rings is 2. The quantitative estimate of drug-likeness (QED) is 0.582. The van der Waals surface area contributed by atoms with E-state index < -0.39 is 11.9 Å². The number of halogens is 2. The lowest BCUT2D eigenvalue weighted by atomic mass is 10.2. The molecule has 3 rings (SSSR count). The average Bonchev–Trinajstić information content (AvgIpc) is 3.10. The lowest BCUT2D eigenvalue weighted by Gasteiger charge is -2.07. The van der Waals surface area contributed by atoms with Crippen molar-refractivity contribution in [3.63, 3.8) is 0 Å². The number of carboxylic acids is 1. The van der Waals surface area contributed by atoms with Crippen molar-refractivity contribution in [2.45, 2.75) is 0 Å². The standard InChI is InChI=1S/C20H13Cl2NO4/c21-13-6-8-15(16(22)10-13)19(24)23-17(20(25)26)11-14-7-9-18(27-14)12-4-2-1-3-5-12/h1-11H,(H,23,24)(H,25,26). The van der Waals surface area contributed by atoms with Crippen LogP contribution in [0, 0.1) is 0 Å². The fraction of sp³-hybridized carbons (Fsp3) is 0. The van der Waals surface area contributed by atoms with Crippen molar-refractivity contribution in [2.24, 2.45) is 0 Å². The molecule has 0 aliphatic rings. The number of hydrogen-bond acceptors (Lipinski definition) is 3. The molecule has 0 bridgehead atoms. The Balaban J connectivity index is 1.84. The molecule has 0 radical (unpaired) electrons. The van der Waals surface area contributed by atoms with E-state index in [0.29, 0.717) is 10.8 Å². The first-order valence-corrected chi connectivity index (χ1v) is 8.56. The number of carbonyl (C=O) groups excluding carboxylic acids is 1. The van der Waals surface area contributed by atoms with Gasteiger partial charge in [-0.15, -0.1) is 0 Å². The molecule has 7 heteroatoms. The first-order chi connectivity index (χ1) is 12.9. The Bertz CT molecular complexity index is 1030. The first-order valence-electron chi connectivity index (χ1n) is 7.80. The number of hydrogen-bond donors (Lipinski definition) is 2. The van der Waals surface area contributed by atoms with Crippen LogP contribution in [-0.4, -0.2) is 17.0 Å². The first kappa shape index (κ1) is 18.8. The lowest BCUT2D eigenvalue weighted by Crippen LogP contribution is -2.27. The Morgan fingerprint density at radius 3 is 2.41 bits per heavy atom. The van der Waals surface area contributed by atoms with Crippen molar-refractivity contribution < 1.29 is 19.1 Å². The van der Waals surface area contributed by atoms with Gasteiger partial charge >= 0.3 is 5.97 Å². The maximum Gasteiger partial charge on any atom is 0.352 e. The molecule has 1 amide bonds. The van der Waals surface area contributed by atoms with E-state index in [1.807, 2.05) is 30.3 Å². The normalized spacial score (nSPS) is 11.3. The van der Waals surface area contributed by atoms with Crippen LogP contribution in [0.2, 0.25) is 10.0 Å². The van der Waals surface area contributed by atoms with Crippen molar-refractivity contribution in [1.29, 1.82) is 0 Å². The maximum atomic E-state index is 12.3. The minimum absolute atomic E-state index is 0.109. The van der Waals surface area contributed by atoms with Crippen LogP contribution < -0.4 is 5.32 Å². The Labute approximate surface area is 164 Å². The van der Waals surface area contributed by atoms with Gasteiger partial charge in [0.1, 0.15) is 17.2 Å². The number of carbonyl (C=O) groups is 2. The van der Waals surface area contributed by atoms with Gasteiger partial charge in [-0.2, -0.15) is 0 Å². The monoisotopic (exact) mass is 401 g/mol. The molecular weight excluding hydrogens is 389 g/mol. The van der Waals surface area contributed by atoms with Gasteiger partial charge in [0, 0.05) is 16.7 Å². The van der Waals surface area contributed by atoms with E-state index in [1.165, 1.54) is 24.3 Å². The molecule has 0 spiro atoms. The molecule has 1 heterocycles. The summed E-state index contributed by atoms with van der Waals surface area (Å²) in [5.41, 5.74) is 0.614. The number of furan rings is 1. The molecule has 136 valence electrons. The highest BCUT2D eigenvalue weighted by molar-refractivity contribution is 6.36. The molecule has 27 heavy (non-hydrogen) atoms. The Kier molecular flexibility index (Phi) is 5.64. The summed E-state index contributed by atoms with van der Waals surface area (Å²) < 4.78 is 5.64. The SMILES string of the molecule is O=C(O)C(=Cc1ccc(-c2ccccc2)o1)NC(=O)c1ccc(Cl)cc1Cl. The molecule has 0 fully saturated rings. The van der Waals surface area contributed by atoms with Crippen LogP contribution >= 0.6 is 23.2 Å². The van der Waals surface area contributed by atoms with E-state index in [0.717, 1.165) is 5.56 Å². The number of amides is 1. The van der Waals surface area contributed by atoms with Crippen molar-refractivity contribution >= 4 is 41.2 Å². The van der Waals surface area contributed by atoms with Crippen LogP contribution in [0.1, 0.15) is 16.1 Å². The molecule has 0 aliphatic heterocycles. The fourth-order valence-electron chi connectivity index (χ4n) is 2.34. The van der Waals surface area contributed by atoms with Gasteiger partial charge in [0.05, 0.1) is 10.6 Å². The molecule has 0 saturated heterocycles. The molecule has 3 aromatic rings. The highest BCUT2D eigenvalue weighted by Crippen LogP contribution is 2.24. The summed E-state index contributed by atoms with van der Waals surface area (Å²) in [5, 5.41) is 12.2. The average molecular weight is 402 g/mol. The zero-order valence-corrected chi connectivity index (χ0v) is 15.3. The molecule has 5 nitrogen and oxygen atoms in total. The Morgan fingerprint density at radius 1 is 1.00 bits per heavy atom. The van der Waals surface area contributed by atoms with Crippen LogP contribution in [0.15, 0.2) is 70.8 Å². The predicted octanol–water partition coefficient (Wildman–Crippen LogP) is 5.11.